The van der Waals surface area contributed by atoms with Crippen molar-refractivity contribution >= 4 is 17.3 Å². The molecule has 3 nitrogen and oxygen atoms in total. The maximum Gasteiger partial charge on any atom is 0.412 e. The lowest BCUT2D eigenvalue weighted by Gasteiger charge is -2.31. The van der Waals surface area contributed by atoms with Crippen LogP contribution in [0.25, 0.3) is 5.57 Å². The van der Waals surface area contributed by atoms with Gasteiger partial charge in [0.25, 0.3) is 5.91 Å². The predicted octanol–water partition coefficient (Wildman–Crippen LogP) is 6.17. The molecule has 152 valence electrons. The van der Waals surface area contributed by atoms with Crippen LogP contribution in [0.2, 0.25) is 0 Å². The van der Waals surface area contributed by atoms with Crippen molar-refractivity contribution in [1.29, 1.82) is 0 Å². The van der Waals surface area contributed by atoms with Gasteiger partial charge in [0.15, 0.2) is 0 Å². The minimum absolute atomic E-state index is 0.106. The molecule has 1 aromatic heterocycles. The number of anilines is 1. The number of nitrogens with one attached hydrogen (secondary N) is 1. The summed E-state index contributed by atoms with van der Waals surface area (Å²) in [6.07, 6.45) is 0.586. The number of halogens is 3. The number of aryl methyl sites for hydroxylation is 1. The van der Waals surface area contributed by atoms with Gasteiger partial charge in [-0.1, -0.05) is 24.6 Å². The van der Waals surface area contributed by atoms with Crippen LogP contribution in [0.15, 0.2) is 48.2 Å². The number of alkyl halides is 3. The lowest BCUT2D eigenvalue weighted by molar-refractivity contribution is -0.0962. The molecule has 2 aliphatic carbocycles. The zero-order valence-corrected chi connectivity index (χ0v) is 16.2. The number of nitrogens with zero attached hydrogens (tertiary/aromatic N) is 1. The first kappa shape index (κ1) is 19.7. The summed E-state index contributed by atoms with van der Waals surface area (Å²) >= 11 is 0. The van der Waals surface area contributed by atoms with Gasteiger partial charge in [0.1, 0.15) is 5.82 Å². The molecule has 1 N–H and O–H groups in total. The highest BCUT2D eigenvalue weighted by molar-refractivity contribution is 6.04. The van der Waals surface area contributed by atoms with E-state index in [1.54, 1.807) is 24.3 Å². The molecule has 2 atom stereocenters. The summed E-state index contributed by atoms with van der Waals surface area (Å²) in [5, 5.41) is 2.72. The second-order valence-electron chi connectivity index (χ2n) is 8.02. The number of allylic oxidation sites excluding steroid dienone is 2. The first-order valence-electron chi connectivity index (χ1n) is 9.95. The normalized spacial score (nSPS) is 21.8. The average molecular weight is 400 g/mol. The van der Waals surface area contributed by atoms with Crippen molar-refractivity contribution in [2.24, 2.45) is 11.8 Å². The second-order valence-corrected chi connectivity index (χ2v) is 8.02. The number of amides is 1. The van der Waals surface area contributed by atoms with Crippen molar-refractivity contribution in [2.75, 3.05) is 5.32 Å². The first-order chi connectivity index (χ1) is 13.8. The van der Waals surface area contributed by atoms with E-state index in [0.29, 0.717) is 34.9 Å². The van der Waals surface area contributed by atoms with Crippen molar-refractivity contribution in [3.05, 3.63) is 64.9 Å². The standard InChI is InChI=1S/C23H23F3N2O/c1-14-5-2-3-8-18(14)22(29)28-21-10-9-17(13-27-21)19-11-15-6-4-7-16(15)12-20(19)23(24,25)26/h2-3,5,8-10,13,15-16H,4,6-7,11-12H2,1H3,(H,27,28,29). The van der Waals surface area contributed by atoms with Crippen molar-refractivity contribution in [2.45, 2.75) is 45.2 Å². The van der Waals surface area contributed by atoms with Gasteiger partial charge in [-0.15, -0.1) is 0 Å². The van der Waals surface area contributed by atoms with E-state index in [1.165, 1.54) is 6.20 Å². The summed E-state index contributed by atoms with van der Waals surface area (Å²) in [4.78, 5) is 16.6. The number of carbonyl (C=O) groups excluding carboxylic acids is 1. The molecule has 0 aliphatic heterocycles. The molecule has 4 rings (SSSR count). The zero-order chi connectivity index (χ0) is 20.6. The largest absolute Gasteiger partial charge is 0.412 e. The van der Waals surface area contributed by atoms with Gasteiger partial charge >= 0.3 is 6.18 Å². The third-order valence-electron chi connectivity index (χ3n) is 6.20. The number of fused-ring (bicyclic) bond motifs is 1. The average Bonchev–Trinajstić information content (AvgIpc) is 3.15. The Morgan fingerprint density at radius 1 is 1.07 bits per heavy atom. The fourth-order valence-corrected chi connectivity index (χ4v) is 4.66. The van der Waals surface area contributed by atoms with Gasteiger partial charge in [-0.2, -0.15) is 13.2 Å². The number of pyridine rings is 1. The highest BCUT2D eigenvalue weighted by Crippen LogP contribution is 2.51. The number of rotatable bonds is 3. The van der Waals surface area contributed by atoms with Gasteiger partial charge in [-0.25, -0.2) is 4.98 Å². The topological polar surface area (TPSA) is 42.0 Å². The molecule has 1 saturated carbocycles. The smallest absolute Gasteiger partial charge is 0.307 e. The van der Waals surface area contributed by atoms with Crippen LogP contribution in [0, 0.1) is 18.8 Å². The second kappa shape index (κ2) is 7.65. The zero-order valence-electron chi connectivity index (χ0n) is 16.2. The molecule has 0 saturated heterocycles. The van der Waals surface area contributed by atoms with Gasteiger partial charge < -0.3 is 5.32 Å². The van der Waals surface area contributed by atoms with E-state index in [2.05, 4.69) is 10.3 Å². The maximum absolute atomic E-state index is 13.7. The molecule has 1 amide bonds. The third-order valence-corrected chi connectivity index (χ3v) is 6.20. The van der Waals surface area contributed by atoms with E-state index < -0.39 is 11.7 Å². The molecule has 1 heterocycles. The SMILES string of the molecule is Cc1ccccc1C(=O)Nc1ccc(C2=C(C(F)(F)F)CC3CCCC3C2)cn1. The lowest BCUT2D eigenvalue weighted by Crippen LogP contribution is -2.24. The number of benzene rings is 1. The van der Waals surface area contributed by atoms with Gasteiger partial charge in [-0.05, 0) is 79.3 Å². The number of hydrogen-bond acceptors (Lipinski definition) is 2. The highest BCUT2D eigenvalue weighted by Gasteiger charge is 2.43. The van der Waals surface area contributed by atoms with E-state index in [-0.39, 0.29) is 18.2 Å². The predicted molar refractivity (Wildman–Crippen MR) is 106 cm³/mol. The van der Waals surface area contributed by atoms with Gasteiger partial charge in [0.05, 0.1) is 0 Å². The maximum atomic E-state index is 13.7. The fourth-order valence-electron chi connectivity index (χ4n) is 4.66. The molecule has 1 aromatic carbocycles. The summed E-state index contributed by atoms with van der Waals surface area (Å²) in [5.74, 6) is 0.517. The molecule has 2 unspecified atom stereocenters. The minimum Gasteiger partial charge on any atom is -0.307 e. The van der Waals surface area contributed by atoms with Gasteiger partial charge in [-0.3, -0.25) is 4.79 Å². The van der Waals surface area contributed by atoms with E-state index in [9.17, 15) is 18.0 Å². The molecular weight excluding hydrogens is 377 g/mol. The quantitative estimate of drug-likeness (QED) is 0.670. The van der Waals surface area contributed by atoms with Crippen LogP contribution in [-0.4, -0.2) is 17.1 Å². The number of carbonyl (C=O) groups is 1. The lowest BCUT2D eigenvalue weighted by atomic mass is 9.76. The van der Waals surface area contributed by atoms with E-state index in [4.69, 9.17) is 0 Å². The van der Waals surface area contributed by atoms with Crippen LogP contribution in [-0.2, 0) is 0 Å². The Labute approximate surface area is 168 Å². The van der Waals surface area contributed by atoms with Crippen molar-refractivity contribution in [3.8, 4) is 0 Å². The molecule has 0 spiro atoms. The van der Waals surface area contributed by atoms with E-state index in [0.717, 1.165) is 24.8 Å². The fraction of sp³-hybridized carbons (Fsp3) is 0.391. The Kier molecular flexibility index (Phi) is 5.19. The van der Waals surface area contributed by atoms with Crippen LogP contribution in [0.1, 0.15) is 53.6 Å². The van der Waals surface area contributed by atoms with Crippen LogP contribution < -0.4 is 5.32 Å². The summed E-state index contributed by atoms with van der Waals surface area (Å²) in [6.45, 7) is 1.84. The third kappa shape index (κ3) is 4.07. The Balaban J connectivity index is 1.58. The Morgan fingerprint density at radius 3 is 2.45 bits per heavy atom. The minimum atomic E-state index is -4.32. The highest BCUT2D eigenvalue weighted by atomic mass is 19.4. The summed E-state index contributed by atoms with van der Waals surface area (Å²) in [6, 6.07) is 10.4. The summed E-state index contributed by atoms with van der Waals surface area (Å²) in [7, 11) is 0. The molecule has 2 aromatic rings. The molecule has 2 aliphatic rings. The Morgan fingerprint density at radius 2 is 1.79 bits per heavy atom. The molecule has 1 fully saturated rings. The van der Waals surface area contributed by atoms with E-state index >= 15 is 0 Å². The van der Waals surface area contributed by atoms with Crippen LogP contribution in [0.5, 0.6) is 0 Å². The molecule has 0 bridgehead atoms. The van der Waals surface area contributed by atoms with Crippen LogP contribution in [0.4, 0.5) is 19.0 Å². The van der Waals surface area contributed by atoms with Gasteiger partial charge in [0.2, 0.25) is 0 Å². The number of hydrogen-bond donors (Lipinski definition) is 1. The van der Waals surface area contributed by atoms with Crippen LogP contribution >= 0.6 is 0 Å². The summed E-state index contributed by atoms with van der Waals surface area (Å²) in [5.41, 5.74) is 1.84. The van der Waals surface area contributed by atoms with E-state index in [1.807, 2.05) is 19.1 Å². The number of aromatic nitrogens is 1. The van der Waals surface area contributed by atoms with Gasteiger partial charge in [0, 0.05) is 17.3 Å². The molecule has 0 radical (unpaired) electrons. The van der Waals surface area contributed by atoms with Crippen molar-refractivity contribution in [3.63, 3.8) is 0 Å². The Bertz CT molecular complexity index is 947. The summed E-state index contributed by atoms with van der Waals surface area (Å²) < 4.78 is 41.0. The monoisotopic (exact) mass is 400 g/mol. The molecule has 29 heavy (non-hydrogen) atoms. The van der Waals surface area contributed by atoms with Crippen LogP contribution in [0.3, 0.4) is 0 Å². The first-order valence-corrected chi connectivity index (χ1v) is 9.95. The van der Waals surface area contributed by atoms with Crippen molar-refractivity contribution in [1.82, 2.24) is 4.98 Å². The molecular formula is C23H23F3N2O. The molecule has 6 heteroatoms. The van der Waals surface area contributed by atoms with Crippen molar-refractivity contribution < 1.29 is 18.0 Å². The Hall–Kier alpha value is -2.63.